The minimum absolute atomic E-state index is 0.0256. The van der Waals surface area contributed by atoms with Crippen molar-refractivity contribution in [3.8, 4) is 11.1 Å². The highest BCUT2D eigenvalue weighted by Crippen LogP contribution is 2.21. The number of hydrogen-bond acceptors (Lipinski definition) is 2. The minimum Gasteiger partial charge on any atom is -0.459 e. The molecule has 2 rings (SSSR count). The van der Waals surface area contributed by atoms with Crippen LogP contribution in [0.4, 0.5) is 0 Å². The predicted octanol–water partition coefficient (Wildman–Crippen LogP) is 6.82. The van der Waals surface area contributed by atoms with Crippen LogP contribution in [0.1, 0.15) is 75.2 Å². The fourth-order valence-electron chi connectivity index (χ4n) is 3.04. The van der Waals surface area contributed by atoms with Gasteiger partial charge >= 0.3 is 5.97 Å². The summed E-state index contributed by atoms with van der Waals surface area (Å²) in [5.74, 6) is -0.230. The first-order chi connectivity index (χ1) is 12.6. The Morgan fingerprint density at radius 2 is 1.42 bits per heavy atom. The van der Waals surface area contributed by atoms with Crippen molar-refractivity contribution >= 4 is 5.97 Å². The van der Waals surface area contributed by atoms with Crippen molar-refractivity contribution in [3.05, 3.63) is 59.7 Å². The average Bonchev–Trinajstić information content (AvgIpc) is 2.67. The SMILES string of the molecule is CCCCCc1ccc(-c2ccc(C(=O)OC(C)CCCC)cc2)cc1. The van der Waals surface area contributed by atoms with Crippen LogP contribution in [-0.2, 0) is 11.2 Å². The van der Waals surface area contributed by atoms with Crippen molar-refractivity contribution in [1.82, 2.24) is 0 Å². The highest BCUT2D eigenvalue weighted by Gasteiger charge is 2.11. The van der Waals surface area contributed by atoms with E-state index in [1.807, 2.05) is 31.2 Å². The second-order valence-electron chi connectivity index (χ2n) is 7.09. The second-order valence-corrected chi connectivity index (χ2v) is 7.09. The van der Waals surface area contributed by atoms with Crippen LogP contribution in [0.2, 0.25) is 0 Å². The zero-order valence-electron chi connectivity index (χ0n) is 16.5. The molecule has 0 amide bonds. The maximum Gasteiger partial charge on any atom is 0.338 e. The minimum atomic E-state index is -0.230. The third-order valence-corrected chi connectivity index (χ3v) is 4.75. The van der Waals surface area contributed by atoms with Gasteiger partial charge in [-0.2, -0.15) is 0 Å². The van der Waals surface area contributed by atoms with Gasteiger partial charge in [0, 0.05) is 0 Å². The van der Waals surface area contributed by atoms with E-state index in [2.05, 4.69) is 38.1 Å². The smallest absolute Gasteiger partial charge is 0.338 e. The van der Waals surface area contributed by atoms with Gasteiger partial charge in [0.25, 0.3) is 0 Å². The molecule has 0 aliphatic rings. The Kier molecular flexibility index (Phi) is 8.40. The van der Waals surface area contributed by atoms with E-state index < -0.39 is 0 Å². The van der Waals surface area contributed by atoms with E-state index in [1.54, 1.807) is 0 Å². The molecule has 140 valence electrons. The standard InChI is InChI=1S/C24H32O2/c1-4-6-8-10-20-11-13-21(14-12-20)22-15-17-23(18-16-22)24(25)26-19(3)9-7-5-2/h11-19H,4-10H2,1-3H3. The van der Waals surface area contributed by atoms with Gasteiger partial charge in [0.2, 0.25) is 0 Å². The number of unbranched alkanes of at least 4 members (excludes halogenated alkanes) is 3. The Labute approximate surface area is 158 Å². The molecule has 2 nitrogen and oxygen atoms in total. The van der Waals surface area contributed by atoms with E-state index in [4.69, 9.17) is 4.74 Å². The first-order valence-corrected chi connectivity index (χ1v) is 10.0. The van der Waals surface area contributed by atoms with Gasteiger partial charge in [-0.15, -0.1) is 0 Å². The van der Waals surface area contributed by atoms with Crippen LogP contribution in [0.3, 0.4) is 0 Å². The molecule has 2 heteroatoms. The second kappa shape index (κ2) is 10.8. The third-order valence-electron chi connectivity index (χ3n) is 4.75. The molecule has 1 unspecified atom stereocenters. The molecule has 0 aromatic heterocycles. The lowest BCUT2D eigenvalue weighted by Gasteiger charge is -2.13. The Bertz CT molecular complexity index is 656. The number of carbonyl (C=O) groups excluding carboxylic acids is 1. The fourth-order valence-corrected chi connectivity index (χ4v) is 3.04. The Balaban J connectivity index is 1.95. The third kappa shape index (κ3) is 6.33. The van der Waals surface area contributed by atoms with E-state index in [9.17, 15) is 4.79 Å². The summed E-state index contributed by atoms with van der Waals surface area (Å²) in [5.41, 5.74) is 4.32. The summed E-state index contributed by atoms with van der Waals surface area (Å²) in [6, 6.07) is 16.5. The Morgan fingerprint density at radius 1 is 0.846 bits per heavy atom. The van der Waals surface area contributed by atoms with Gasteiger partial charge in [-0.05, 0) is 55.0 Å². The molecule has 0 heterocycles. The number of ether oxygens (including phenoxy) is 1. The molecule has 0 fully saturated rings. The largest absolute Gasteiger partial charge is 0.459 e. The number of esters is 1. The maximum absolute atomic E-state index is 12.2. The first-order valence-electron chi connectivity index (χ1n) is 10.0. The van der Waals surface area contributed by atoms with Crippen molar-refractivity contribution in [3.63, 3.8) is 0 Å². The summed E-state index contributed by atoms with van der Waals surface area (Å²) in [6.45, 7) is 6.34. The summed E-state index contributed by atoms with van der Waals surface area (Å²) >= 11 is 0. The Hall–Kier alpha value is -2.09. The summed E-state index contributed by atoms with van der Waals surface area (Å²) < 4.78 is 5.51. The summed E-state index contributed by atoms with van der Waals surface area (Å²) in [5, 5.41) is 0. The monoisotopic (exact) mass is 352 g/mol. The molecule has 26 heavy (non-hydrogen) atoms. The van der Waals surface area contributed by atoms with Gasteiger partial charge in [-0.1, -0.05) is 75.9 Å². The summed E-state index contributed by atoms with van der Waals surface area (Å²) in [7, 11) is 0. The molecule has 2 aromatic rings. The highest BCUT2D eigenvalue weighted by molar-refractivity contribution is 5.90. The molecule has 0 spiro atoms. The van der Waals surface area contributed by atoms with Gasteiger partial charge in [0.15, 0.2) is 0 Å². The number of carbonyl (C=O) groups is 1. The quantitative estimate of drug-likeness (QED) is 0.346. The molecule has 2 aromatic carbocycles. The van der Waals surface area contributed by atoms with Crippen molar-refractivity contribution in [2.24, 2.45) is 0 Å². The number of aryl methyl sites for hydroxylation is 1. The van der Waals surface area contributed by atoms with Gasteiger partial charge in [-0.25, -0.2) is 4.79 Å². The van der Waals surface area contributed by atoms with Crippen LogP contribution < -0.4 is 0 Å². The lowest BCUT2D eigenvalue weighted by molar-refractivity contribution is 0.0320. The summed E-state index contributed by atoms with van der Waals surface area (Å²) in [6.07, 6.45) is 8.04. The van der Waals surface area contributed by atoms with E-state index in [-0.39, 0.29) is 12.1 Å². The van der Waals surface area contributed by atoms with Crippen LogP contribution in [0.25, 0.3) is 11.1 Å². The molecular formula is C24H32O2. The number of hydrogen-bond donors (Lipinski definition) is 0. The highest BCUT2D eigenvalue weighted by atomic mass is 16.5. The first kappa shape index (κ1) is 20.2. The molecule has 0 N–H and O–H groups in total. The number of benzene rings is 2. The van der Waals surface area contributed by atoms with Crippen molar-refractivity contribution < 1.29 is 9.53 Å². The van der Waals surface area contributed by atoms with Crippen LogP contribution in [0.5, 0.6) is 0 Å². The lowest BCUT2D eigenvalue weighted by atomic mass is 10.0. The maximum atomic E-state index is 12.2. The van der Waals surface area contributed by atoms with Gasteiger partial charge in [0.1, 0.15) is 0 Å². The van der Waals surface area contributed by atoms with Crippen molar-refractivity contribution in [2.45, 2.75) is 71.8 Å². The van der Waals surface area contributed by atoms with E-state index in [0.29, 0.717) is 5.56 Å². The van der Waals surface area contributed by atoms with Gasteiger partial charge in [-0.3, -0.25) is 0 Å². The molecule has 1 atom stereocenters. The van der Waals surface area contributed by atoms with Crippen LogP contribution >= 0.6 is 0 Å². The fraction of sp³-hybridized carbons (Fsp3) is 0.458. The van der Waals surface area contributed by atoms with Crippen molar-refractivity contribution in [1.29, 1.82) is 0 Å². The van der Waals surface area contributed by atoms with E-state index in [1.165, 1.54) is 30.4 Å². The van der Waals surface area contributed by atoms with Crippen molar-refractivity contribution in [2.75, 3.05) is 0 Å². The predicted molar refractivity (Wildman–Crippen MR) is 110 cm³/mol. The molecule has 0 aliphatic carbocycles. The number of rotatable bonds is 10. The van der Waals surface area contributed by atoms with E-state index in [0.717, 1.165) is 31.2 Å². The molecule has 0 saturated carbocycles. The van der Waals surface area contributed by atoms with Crippen LogP contribution in [-0.4, -0.2) is 12.1 Å². The Morgan fingerprint density at radius 3 is 2.00 bits per heavy atom. The molecule has 0 radical (unpaired) electrons. The molecule has 0 aliphatic heterocycles. The van der Waals surface area contributed by atoms with Gasteiger partial charge < -0.3 is 4.74 Å². The van der Waals surface area contributed by atoms with Gasteiger partial charge in [0.05, 0.1) is 11.7 Å². The lowest BCUT2D eigenvalue weighted by Crippen LogP contribution is -2.14. The summed E-state index contributed by atoms with van der Waals surface area (Å²) in [4.78, 5) is 12.2. The zero-order chi connectivity index (χ0) is 18.8. The topological polar surface area (TPSA) is 26.3 Å². The average molecular weight is 353 g/mol. The normalized spacial score (nSPS) is 12.0. The van der Waals surface area contributed by atoms with Crippen LogP contribution in [0, 0.1) is 0 Å². The van der Waals surface area contributed by atoms with E-state index >= 15 is 0 Å². The molecular weight excluding hydrogens is 320 g/mol. The molecule has 0 saturated heterocycles. The van der Waals surface area contributed by atoms with Crippen LogP contribution in [0.15, 0.2) is 48.5 Å². The zero-order valence-corrected chi connectivity index (χ0v) is 16.5. The molecule has 0 bridgehead atoms.